The van der Waals surface area contributed by atoms with E-state index in [2.05, 4.69) is 27.2 Å². The van der Waals surface area contributed by atoms with E-state index in [4.69, 9.17) is 0 Å². The molecule has 0 heteroatoms. The van der Waals surface area contributed by atoms with Gasteiger partial charge in [-0.15, -0.1) is 0 Å². The lowest BCUT2D eigenvalue weighted by Crippen LogP contribution is -1.96. The molecule has 1 unspecified atom stereocenters. The standard InChI is InChI=1S/C47H95/c1-4-6-8-10-12-14-16-18-20-21-22-23-24-25-26-27-28-29-30-32-34-36-38-40-42-44-46-47(3)45-43-41-39-37-35-33-31-19-17-15-13-11-9-7-5-2/h46-47H,4-45H2,1-3H3. The van der Waals surface area contributed by atoms with Gasteiger partial charge in [0.15, 0.2) is 0 Å². The summed E-state index contributed by atoms with van der Waals surface area (Å²) in [5.41, 5.74) is 0. The summed E-state index contributed by atoms with van der Waals surface area (Å²) in [7, 11) is 0. The molecule has 0 aliphatic carbocycles. The molecule has 0 heterocycles. The van der Waals surface area contributed by atoms with Gasteiger partial charge in [-0.1, -0.05) is 284 Å². The van der Waals surface area contributed by atoms with Gasteiger partial charge in [0.05, 0.1) is 0 Å². The molecule has 0 rings (SSSR count). The third-order valence-corrected chi connectivity index (χ3v) is 11.1. The molecule has 0 aromatic heterocycles. The summed E-state index contributed by atoms with van der Waals surface area (Å²) < 4.78 is 0. The largest absolute Gasteiger partial charge is 0.0654 e. The molecular weight excluding hydrogens is 565 g/mol. The van der Waals surface area contributed by atoms with E-state index in [1.54, 1.807) is 0 Å². The summed E-state index contributed by atoms with van der Waals surface area (Å²) in [5.74, 6) is 0.839. The second-order valence-corrected chi connectivity index (χ2v) is 16.2. The van der Waals surface area contributed by atoms with Gasteiger partial charge in [-0.2, -0.15) is 0 Å². The monoisotopic (exact) mass is 660 g/mol. The molecule has 0 saturated heterocycles. The lowest BCUT2D eigenvalue weighted by molar-refractivity contribution is 0.494. The fourth-order valence-electron chi connectivity index (χ4n) is 7.64. The number of rotatable bonds is 43. The lowest BCUT2D eigenvalue weighted by atomic mass is 9.95. The molecule has 0 bridgehead atoms. The van der Waals surface area contributed by atoms with Gasteiger partial charge < -0.3 is 0 Å². The van der Waals surface area contributed by atoms with E-state index in [1.807, 2.05) is 0 Å². The van der Waals surface area contributed by atoms with Gasteiger partial charge in [0, 0.05) is 0 Å². The van der Waals surface area contributed by atoms with Crippen LogP contribution in [0.25, 0.3) is 0 Å². The highest BCUT2D eigenvalue weighted by Gasteiger charge is 2.03. The molecule has 0 saturated carbocycles. The highest BCUT2D eigenvalue weighted by Crippen LogP contribution is 2.20. The predicted octanol–water partition coefficient (Wildman–Crippen LogP) is 18.3. The summed E-state index contributed by atoms with van der Waals surface area (Å²) >= 11 is 0. The minimum Gasteiger partial charge on any atom is -0.0654 e. The maximum absolute atomic E-state index is 2.64. The first-order valence-electron chi connectivity index (χ1n) is 23.1. The van der Waals surface area contributed by atoms with Crippen molar-refractivity contribution in [3.05, 3.63) is 6.42 Å². The molecule has 1 atom stereocenters. The van der Waals surface area contributed by atoms with E-state index in [9.17, 15) is 0 Å². The van der Waals surface area contributed by atoms with E-state index in [1.165, 1.54) is 270 Å². The molecule has 0 fully saturated rings. The van der Waals surface area contributed by atoms with Gasteiger partial charge in [0.2, 0.25) is 0 Å². The fourth-order valence-corrected chi connectivity index (χ4v) is 7.64. The van der Waals surface area contributed by atoms with Gasteiger partial charge in [0.1, 0.15) is 0 Å². The van der Waals surface area contributed by atoms with Gasteiger partial charge in [-0.25, -0.2) is 0 Å². The molecule has 1 radical (unpaired) electrons. The van der Waals surface area contributed by atoms with Gasteiger partial charge in [0.25, 0.3) is 0 Å². The topological polar surface area (TPSA) is 0 Å². The molecule has 0 aromatic rings. The van der Waals surface area contributed by atoms with E-state index in [0.717, 1.165) is 5.92 Å². The van der Waals surface area contributed by atoms with Crippen LogP contribution in [-0.2, 0) is 0 Å². The summed E-state index contributed by atoms with van der Waals surface area (Å²) in [6, 6.07) is 0. The summed E-state index contributed by atoms with van der Waals surface area (Å²) in [5, 5.41) is 0. The van der Waals surface area contributed by atoms with Crippen LogP contribution in [-0.4, -0.2) is 0 Å². The summed E-state index contributed by atoms with van der Waals surface area (Å²) in [4.78, 5) is 0. The summed E-state index contributed by atoms with van der Waals surface area (Å²) in [6.45, 7) is 7.08. The molecule has 47 heavy (non-hydrogen) atoms. The zero-order valence-corrected chi connectivity index (χ0v) is 33.9. The molecule has 0 amide bonds. The van der Waals surface area contributed by atoms with Crippen LogP contribution in [0.3, 0.4) is 0 Å². The minimum absolute atomic E-state index is 0.839. The van der Waals surface area contributed by atoms with Crippen molar-refractivity contribution >= 4 is 0 Å². The van der Waals surface area contributed by atoms with E-state index >= 15 is 0 Å². The van der Waals surface area contributed by atoms with Crippen LogP contribution < -0.4 is 0 Å². The van der Waals surface area contributed by atoms with Crippen LogP contribution in [0.5, 0.6) is 0 Å². The van der Waals surface area contributed by atoms with Crippen molar-refractivity contribution in [2.45, 2.75) is 290 Å². The van der Waals surface area contributed by atoms with Crippen molar-refractivity contribution in [3.8, 4) is 0 Å². The SMILES string of the molecule is CCCCCCCCCCCCCCCCCCCCCCCCCCC[CH]C(C)CCCCCCCCCCCCCCCCC. The van der Waals surface area contributed by atoms with Crippen molar-refractivity contribution < 1.29 is 0 Å². The first-order chi connectivity index (χ1) is 23.3. The summed E-state index contributed by atoms with van der Waals surface area (Å²) in [6.07, 6.45) is 64.4. The van der Waals surface area contributed by atoms with Gasteiger partial charge >= 0.3 is 0 Å². The Hall–Kier alpha value is 0. The van der Waals surface area contributed by atoms with Crippen LogP contribution in [0.1, 0.15) is 290 Å². The van der Waals surface area contributed by atoms with Crippen LogP contribution in [0, 0.1) is 12.3 Å². The number of hydrogen-bond acceptors (Lipinski definition) is 0. The van der Waals surface area contributed by atoms with Crippen molar-refractivity contribution in [1.29, 1.82) is 0 Å². The quantitative estimate of drug-likeness (QED) is 0.0571. The number of hydrogen-bond donors (Lipinski definition) is 0. The van der Waals surface area contributed by atoms with Gasteiger partial charge in [-0.3, -0.25) is 0 Å². The molecule has 283 valence electrons. The Kier molecular flexibility index (Phi) is 44.0. The molecule has 0 aromatic carbocycles. The predicted molar refractivity (Wildman–Crippen MR) is 219 cm³/mol. The van der Waals surface area contributed by atoms with Crippen LogP contribution in [0.2, 0.25) is 0 Å². The van der Waals surface area contributed by atoms with Crippen molar-refractivity contribution in [2.75, 3.05) is 0 Å². The fraction of sp³-hybridized carbons (Fsp3) is 0.979. The first-order valence-corrected chi connectivity index (χ1v) is 23.1. The van der Waals surface area contributed by atoms with Crippen LogP contribution >= 0.6 is 0 Å². The lowest BCUT2D eigenvalue weighted by Gasteiger charge is -2.11. The van der Waals surface area contributed by atoms with E-state index < -0.39 is 0 Å². The van der Waals surface area contributed by atoms with Crippen LogP contribution in [0.4, 0.5) is 0 Å². The minimum atomic E-state index is 0.839. The second kappa shape index (κ2) is 44.0. The van der Waals surface area contributed by atoms with Crippen molar-refractivity contribution in [1.82, 2.24) is 0 Å². The Labute approximate surface area is 302 Å². The molecule has 0 aliphatic rings. The zero-order valence-electron chi connectivity index (χ0n) is 33.9. The Balaban J connectivity index is 3.13. The molecule has 0 N–H and O–H groups in total. The Morgan fingerprint density at radius 3 is 0.681 bits per heavy atom. The van der Waals surface area contributed by atoms with E-state index in [-0.39, 0.29) is 0 Å². The third kappa shape index (κ3) is 44.0. The smallest absolute Gasteiger partial charge is 0.0358 e. The third-order valence-electron chi connectivity index (χ3n) is 11.1. The molecule has 0 spiro atoms. The maximum atomic E-state index is 2.64. The van der Waals surface area contributed by atoms with E-state index in [0.29, 0.717) is 0 Å². The molecule has 0 aliphatic heterocycles. The average molecular weight is 660 g/mol. The van der Waals surface area contributed by atoms with Crippen molar-refractivity contribution in [2.24, 2.45) is 5.92 Å². The second-order valence-electron chi connectivity index (χ2n) is 16.2. The van der Waals surface area contributed by atoms with Crippen LogP contribution in [0.15, 0.2) is 0 Å². The van der Waals surface area contributed by atoms with Gasteiger partial charge in [-0.05, 0) is 18.8 Å². The highest BCUT2D eigenvalue weighted by atomic mass is 14.1. The Morgan fingerprint density at radius 1 is 0.255 bits per heavy atom. The normalized spacial score (nSPS) is 12.3. The zero-order chi connectivity index (χ0) is 34.0. The maximum Gasteiger partial charge on any atom is -0.0358 e. The highest BCUT2D eigenvalue weighted by molar-refractivity contribution is 4.72. The molecular formula is C47H95. The number of unbranched alkanes of at least 4 members (excludes halogenated alkanes) is 39. The average Bonchev–Trinajstić information content (AvgIpc) is 3.08. The Bertz CT molecular complexity index is 508. The molecule has 0 nitrogen and oxygen atoms in total. The first kappa shape index (κ1) is 47.0. The Morgan fingerprint density at radius 2 is 0.447 bits per heavy atom. The van der Waals surface area contributed by atoms with Crippen molar-refractivity contribution in [3.63, 3.8) is 0 Å².